The van der Waals surface area contributed by atoms with Crippen molar-refractivity contribution < 1.29 is 14.7 Å². The van der Waals surface area contributed by atoms with Gasteiger partial charge in [-0.25, -0.2) is 0 Å². The molecule has 1 heterocycles. The molecule has 1 aliphatic heterocycles. The molecule has 0 radical (unpaired) electrons. The van der Waals surface area contributed by atoms with E-state index in [0.717, 1.165) is 35.4 Å². The third-order valence-corrected chi connectivity index (χ3v) is 6.44. The van der Waals surface area contributed by atoms with Gasteiger partial charge in [-0.2, -0.15) is 0 Å². The monoisotopic (exact) mass is 382 g/mol. The zero-order valence-corrected chi connectivity index (χ0v) is 15.8. The largest absolute Gasteiger partial charge is 0.508 e. The number of benzene rings is 2. The lowest BCUT2D eigenvalue weighted by Gasteiger charge is -2.24. The van der Waals surface area contributed by atoms with E-state index >= 15 is 0 Å². The minimum Gasteiger partial charge on any atom is -0.508 e. The Kier molecular flexibility index (Phi) is 5.07. The Morgan fingerprint density at radius 2 is 2.00 bits per heavy atom. The number of hydrogen-bond donors (Lipinski definition) is 3. The Morgan fingerprint density at radius 1 is 1.19 bits per heavy atom. The summed E-state index contributed by atoms with van der Waals surface area (Å²) >= 11 is 1.42. The quantitative estimate of drug-likeness (QED) is 0.757. The van der Waals surface area contributed by atoms with Crippen LogP contribution in [-0.4, -0.2) is 22.2 Å². The molecule has 4 rings (SSSR count). The van der Waals surface area contributed by atoms with Crippen molar-refractivity contribution in [2.75, 3.05) is 5.32 Å². The molecule has 2 aromatic carbocycles. The van der Waals surface area contributed by atoms with Gasteiger partial charge in [0.05, 0.1) is 10.9 Å². The predicted molar refractivity (Wildman–Crippen MR) is 106 cm³/mol. The van der Waals surface area contributed by atoms with Crippen molar-refractivity contribution in [3.63, 3.8) is 0 Å². The number of rotatable bonds is 4. The lowest BCUT2D eigenvalue weighted by Crippen LogP contribution is -2.34. The van der Waals surface area contributed by atoms with Crippen molar-refractivity contribution in [3.8, 4) is 5.75 Å². The smallest absolute Gasteiger partial charge is 0.238 e. The van der Waals surface area contributed by atoms with E-state index in [1.54, 1.807) is 6.07 Å². The second-order valence-corrected chi connectivity index (χ2v) is 8.23. The van der Waals surface area contributed by atoms with E-state index in [9.17, 15) is 14.7 Å². The van der Waals surface area contributed by atoms with Gasteiger partial charge in [-0.15, -0.1) is 11.8 Å². The molecule has 0 saturated carbocycles. The van der Waals surface area contributed by atoms with E-state index in [4.69, 9.17) is 0 Å². The Labute approximate surface area is 162 Å². The molecule has 0 unspecified atom stereocenters. The van der Waals surface area contributed by atoms with Crippen LogP contribution >= 0.6 is 11.8 Å². The zero-order valence-electron chi connectivity index (χ0n) is 15.0. The van der Waals surface area contributed by atoms with Crippen LogP contribution in [0.5, 0.6) is 5.75 Å². The Balaban J connectivity index is 1.40. The topological polar surface area (TPSA) is 78.4 Å². The molecule has 0 fully saturated rings. The first-order valence-electron chi connectivity index (χ1n) is 9.27. The lowest BCUT2D eigenvalue weighted by atomic mass is 9.87. The Bertz CT molecular complexity index is 897. The normalized spacial score (nSPS) is 18.2. The molecule has 2 aromatic rings. The average molecular weight is 382 g/mol. The fourth-order valence-electron chi connectivity index (χ4n) is 3.74. The molecule has 5 nitrogen and oxygen atoms in total. The summed E-state index contributed by atoms with van der Waals surface area (Å²) in [5, 5.41) is 15.5. The van der Waals surface area contributed by atoms with E-state index in [1.165, 1.54) is 29.3 Å². The highest BCUT2D eigenvalue weighted by Crippen LogP contribution is 2.36. The molecule has 0 bridgehead atoms. The number of carbonyl (C=O) groups is 2. The third-order valence-electron chi connectivity index (χ3n) is 5.17. The van der Waals surface area contributed by atoms with Gasteiger partial charge in [0.2, 0.25) is 11.8 Å². The summed E-state index contributed by atoms with van der Waals surface area (Å²) in [4.78, 5) is 25.7. The van der Waals surface area contributed by atoms with Gasteiger partial charge in [0.25, 0.3) is 0 Å². The summed E-state index contributed by atoms with van der Waals surface area (Å²) in [6.07, 6.45) is 4.34. The predicted octanol–water partition coefficient (Wildman–Crippen LogP) is 3.39. The molecule has 6 heteroatoms. The minimum atomic E-state index is -0.446. The van der Waals surface area contributed by atoms with E-state index in [0.29, 0.717) is 6.54 Å². The highest BCUT2D eigenvalue weighted by atomic mass is 32.2. The summed E-state index contributed by atoms with van der Waals surface area (Å²) in [5.41, 5.74) is 4.04. The maximum absolute atomic E-state index is 12.4. The number of anilines is 1. The number of para-hydroxylation sites is 1. The highest BCUT2D eigenvalue weighted by molar-refractivity contribution is 8.01. The van der Waals surface area contributed by atoms with Crippen molar-refractivity contribution in [2.45, 2.75) is 48.8 Å². The third kappa shape index (κ3) is 3.81. The number of fused-ring (bicyclic) bond motifs is 2. The Morgan fingerprint density at radius 3 is 2.89 bits per heavy atom. The van der Waals surface area contributed by atoms with Gasteiger partial charge in [0.1, 0.15) is 5.75 Å². The highest BCUT2D eigenvalue weighted by Gasteiger charge is 2.29. The van der Waals surface area contributed by atoms with E-state index in [-0.39, 0.29) is 24.0 Å². The SMILES string of the molecule is O=C(C[C@H]1Sc2ccccc2NC1=O)NCc1c(O)ccc2c1CCCC2. The summed E-state index contributed by atoms with van der Waals surface area (Å²) in [6.45, 7) is 0.295. The van der Waals surface area contributed by atoms with E-state index in [2.05, 4.69) is 10.6 Å². The Hall–Kier alpha value is -2.47. The molecule has 3 N–H and O–H groups in total. The van der Waals surface area contributed by atoms with E-state index < -0.39 is 5.25 Å². The van der Waals surface area contributed by atoms with Crippen molar-refractivity contribution in [2.24, 2.45) is 0 Å². The number of aromatic hydroxyl groups is 1. The van der Waals surface area contributed by atoms with Gasteiger partial charge >= 0.3 is 0 Å². The maximum Gasteiger partial charge on any atom is 0.238 e. The fraction of sp³-hybridized carbons (Fsp3) is 0.333. The van der Waals surface area contributed by atoms with Crippen LogP contribution < -0.4 is 10.6 Å². The molecular formula is C21H22N2O3S. The van der Waals surface area contributed by atoms with Gasteiger partial charge in [-0.1, -0.05) is 18.2 Å². The minimum absolute atomic E-state index is 0.112. The van der Waals surface area contributed by atoms with Crippen LogP contribution in [0.1, 0.15) is 36.0 Å². The van der Waals surface area contributed by atoms with Gasteiger partial charge in [-0.3, -0.25) is 9.59 Å². The van der Waals surface area contributed by atoms with Crippen molar-refractivity contribution in [1.82, 2.24) is 5.32 Å². The number of phenolic OH excluding ortho intramolecular Hbond substituents is 1. The number of amides is 2. The molecule has 0 spiro atoms. The van der Waals surface area contributed by atoms with Crippen LogP contribution in [0, 0.1) is 0 Å². The molecule has 1 aliphatic carbocycles. The first-order valence-corrected chi connectivity index (χ1v) is 10.2. The van der Waals surface area contributed by atoms with Crippen LogP contribution in [0.3, 0.4) is 0 Å². The standard InChI is InChI=1S/C21H22N2O3S/c24-17-10-9-13-5-1-2-6-14(13)15(17)12-22-20(25)11-19-21(26)23-16-7-3-4-8-18(16)27-19/h3-4,7-10,19,24H,1-2,5-6,11-12H2,(H,22,25)(H,23,26)/t19-/m1/s1. The number of nitrogens with one attached hydrogen (secondary N) is 2. The summed E-state index contributed by atoms with van der Waals surface area (Å²) < 4.78 is 0. The summed E-state index contributed by atoms with van der Waals surface area (Å²) in [7, 11) is 0. The lowest BCUT2D eigenvalue weighted by molar-refractivity contribution is -0.124. The maximum atomic E-state index is 12.4. The fourth-order valence-corrected chi connectivity index (χ4v) is 4.85. The zero-order chi connectivity index (χ0) is 18.8. The first-order chi connectivity index (χ1) is 13.1. The van der Waals surface area contributed by atoms with Gasteiger partial charge in [0.15, 0.2) is 0 Å². The van der Waals surface area contributed by atoms with Crippen molar-refractivity contribution in [3.05, 3.63) is 53.1 Å². The van der Waals surface area contributed by atoms with Crippen LogP contribution in [0.15, 0.2) is 41.3 Å². The van der Waals surface area contributed by atoms with E-state index in [1.807, 2.05) is 30.3 Å². The van der Waals surface area contributed by atoms with Crippen LogP contribution in [0.4, 0.5) is 5.69 Å². The second kappa shape index (κ2) is 7.64. The molecular weight excluding hydrogens is 360 g/mol. The molecule has 0 aromatic heterocycles. The van der Waals surface area contributed by atoms with Gasteiger partial charge in [-0.05, 0) is 55.0 Å². The number of hydrogen-bond acceptors (Lipinski definition) is 4. The van der Waals surface area contributed by atoms with Crippen LogP contribution in [0.2, 0.25) is 0 Å². The number of aryl methyl sites for hydroxylation is 1. The van der Waals surface area contributed by atoms with Crippen molar-refractivity contribution >= 4 is 29.3 Å². The number of thioether (sulfide) groups is 1. The number of carbonyl (C=O) groups excluding carboxylic acids is 2. The number of phenols is 1. The second-order valence-electron chi connectivity index (χ2n) is 6.98. The molecule has 2 aliphatic rings. The first kappa shape index (κ1) is 17.9. The molecule has 2 amide bonds. The van der Waals surface area contributed by atoms with Crippen molar-refractivity contribution in [1.29, 1.82) is 0 Å². The van der Waals surface area contributed by atoms with Crippen LogP contribution in [0.25, 0.3) is 0 Å². The van der Waals surface area contributed by atoms with Crippen LogP contribution in [-0.2, 0) is 29.0 Å². The van der Waals surface area contributed by atoms with Gasteiger partial charge in [0, 0.05) is 23.4 Å². The molecule has 140 valence electrons. The molecule has 1 atom stereocenters. The summed E-state index contributed by atoms with van der Waals surface area (Å²) in [6, 6.07) is 11.3. The summed E-state index contributed by atoms with van der Waals surface area (Å²) in [5.74, 6) is -0.0988. The molecule has 27 heavy (non-hydrogen) atoms. The molecule has 0 saturated heterocycles. The average Bonchev–Trinajstić information content (AvgIpc) is 2.68. The van der Waals surface area contributed by atoms with Gasteiger partial charge < -0.3 is 15.7 Å².